The van der Waals surface area contributed by atoms with Crippen LogP contribution in [-0.2, 0) is 4.79 Å². The third-order valence-electron chi connectivity index (χ3n) is 4.50. The first-order valence-electron chi connectivity index (χ1n) is 7.69. The first-order valence-corrected chi connectivity index (χ1v) is 7.69. The molecule has 0 spiro atoms. The molecule has 1 fully saturated rings. The molecule has 0 bridgehead atoms. The minimum atomic E-state index is -0.750. The average molecular weight is 275 g/mol. The molecule has 0 heterocycles. The first-order chi connectivity index (χ1) is 9.68. The van der Waals surface area contributed by atoms with E-state index in [0.29, 0.717) is 18.5 Å². The molecule has 0 saturated heterocycles. The van der Waals surface area contributed by atoms with Crippen LogP contribution in [-0.4, -0.2) is 23.7 Å². The van der Waals surface area contributed by atoms with E-state index in [1.807, 2.05) is 30.3 Å². The molecular weight excluding hydrogens is 250 g/mol. The van der Waals surface area contributed by atoms with Crippen LogP contribution in [0.3, 0.4) is 0 Å². The number of hydrogen-bond donors (Lipinski definition) is 2. The second kappa shape index (κ2) is 7.44. The molecule has 1 aliphatic rings. The third-order valence-corrected chi connectivity index (χ3v) is 4.50. The molecule has 2 atom stereocenters. The van der Waals surface area contributed by atoms with Crippen molar-refractivity contribution in [3.05, 3.63) is 35.9 Å². The number of aliphatic carboxylic acids is 1. The van der Waals surface area contributed by atoms with E-state index in [1.165, 1.54) is 32.1 Å². The molecule has 1 aromatic rings. The zero-order chi connectivity index (χ0) is 14.4. The maximum absolute atomic E-state index is 11.4. The first kappa shape index (κ1) is 15.0. The topological polar surface area (TPSA) is 49.3 Å². The summed E-state index contributed by atoms with van der Waals surface area (Å²) in [5.74, 6) is -0.504. The molecule has 110 valence electrons. The fourth-order valence-electron chi connectivity index (χ4n) is 3.14. The molecule has 1 unspecified atom stereocenters. The van der Waals surface area contributed by atoms with Crippen LogP contribution in [0.1, 0.15) is 50.5 Å². The summed E-state index contributed by atoms with van der Waals surface area (Å²) in [7, 11) is 0. The highest BCUT2D eigenvalue weighted by Gasteiger charge is 2.23. The molecule has 1 saturated carbocycles. The number of nitrogens with one attached hydrogen (secondary N) is 1. The number of hydrogen-bond acceptors (Lipinski definition) is 2. The molecule has 1 aliphatic carbocycles. The van der Waals surface area contributed by atoms with Crippen LogP contribution in [0, 0.1) is 5.92 Å². The van der Waals surface area contributed by atoms with Crippen LogP contribution < -0.4 is 5.32 Å². The van der Waals surface area contributed by atoms with Gasteiger partial charge in [0, 0.05) is 12.6 Å². The monoisotopic (exact) mass is 275 g/mol. The lowest BCUT2D eigenvalue weighted by Crippen LogP contribution is -2.38. The highest BCUT2D eigenvalue weighted by molar-refractivity contribution is 5.76. The Balaban J connectivity index is 1.90. The van der Waals surface area contributed by atoms with Crippen molar-refractivity contribution in [1.82, 2.24) is 5.32 Å². The predicted molar refractivity (Wildman–Crippen MR) is 80.9 cm³/mol. The quantitative estimate of drug-likeness (QED) is 0.836. The van der Waals surface area contributed by atoms with Gasteiger partial charge >= 0.3 is 5.97 Å². The molecular formula is C17H25NO2. The van der Waals surface area contributed by atoms with Gasteiger partial charge in [-0.15, -0.1) is 0 Å². The summed E-state index contributed by atoms with van der Waals surface area (Å²) < 4.78 is 0. The zero-order valence-corrected chi connectivity index (χ0v) is 12.2. The minimum Gasteiger partial charge on any atom is -0.481 e. The van der Waals surface area contributed by atoms with Crippen molar-refractivity contribution in [1.29, 1.82) is 0 Å². The van der Waals surface area contributed by atoms with E-state index in [-0.39, 0.29) is 0 Å². The highest BCUT2D eigenvalue weighted by Crippen LogP contribution is 2.26. The lowest BCUT2D eigenvalue weighted by molar-refractivity contribution is -0.138. The fraction of sp³-hybridized carbons (Fsp3) is 0.588. The Morgan fingerprint density at radius 3 is 2.50 bits per heavy atom. The van der Waals surface area contributed by atoms with Crippen LogP contribution in [0.4, 0.5) is 0 Å². The molecule has 3 nitrogen and oxygen atoms in total. The summed E-state index contributed by atoms with van der Waals surface area (Å²) in [6, 6.07) is 9.91. The normalized spacial score (nSPS) is 19.4. The van der Waals surface area contributed by atoms with Gasteiger partial charge in [0.05, 0.1) is 5.92 Å². The Labute approximate surface area is 121 Å². The smallest absolute Gasteiger partial charge is 0.312 e. The third kappa shape index (κ3) is 4.07. The van der Waals surface area contributed by atoms with E-state index >= 15 is 0 Å². The van der Waals surface area contributed by atoms with E-state index in [2.05, 4.69) is 12.2 Å². The van der Waals surface area contributed by atoms with Gasteiger partial charge in [-0.05, 0) is 31.2 Å². The van der Waals surface area contributed by atoms with E-state index in [4.69, 9.17) is 0 Å². The second-order valence-electron chi connectivity index (χ2n) is 5.90. The van der Waals surface area contributed by atoms with E-state index in [0.717, 1.165) is 5.56 Å². The summed E-state index contributed by atoms with van der Waals surface area (Å²) in [6.07, 6.45) is 6.54. The van der Waals surface area contributed by atoms with Gasteiger partial charge in [0.1, 0.15) is 0 Å². The van der Waals surface area contributed by atoms with Crippen LogP contribution in [0.2, 0.25) is 0 Å². The van der Waals surface area contributed by atoms with Crippen LogP contribution in [0.25, 0.3) is 0 Å². The number of rotatable bonds is 6. The Morgan fingerprint density at radius 2 is 1.90 bits per heavy atom. The van der Waals surface area contributed by atoms with Gasteiger partial charge < -0.3 is 10.4 Å². The van der Waals surface area contributed by atoms with Crippen molar-refractivity contribution in [3.63, 3.8) is 0 Å². The maximum atomic E-state index is 11.4. The largest absolute Gasteiger partial charge is 0.481 e. The van der Waals surface area contributed by atoms with Gasteiger partial charge in [0.15, 0.2) is 0 Å². The standard InChI is InChI=1S/C17H25NO2/c1-13(14-8-4-2-5-9-14)18-12-16(17(19)20)15-10-6-3-7-11-15/h3,6-7,10-11,13-14,16,18H,2,4-5,8-9,12H2,1H3,(H,19,20)/t13-,16?/m0/s1. The van der Waals surface area contributed by atoms with Crippen molar-refractivity contribution < 1.29 is 9.90 Å². The predicted octanol–water partition coefficient (Wildman–Crippen LogP) is 3.41. The van der Waals surface area contributed by atoms with Gasteiger partial charge in [-0.25, -0.2) is 0 Å². The van der Waals surface area contributed by atoms with E-state index < -0.39 is 11.9 Å². The Morgan fingerprint density at radius 1 is 1.25 bits per heavy atom. The molecule has 0 radical (unpaired) electrons. The summed E-state index contributed by atoms with van der Waals surface area (Å²) in [4.78, 5) is 11.4. The van der Waals surface area contributed by atoms with Crippen LogP contribution in [0.5, 0.6) is 0 Å². The number of benzene rings is 1. The van der Waals surface area contributed by atoms with Gasteiger partial charge in [-0.1, -0.05) is 49.6 Å². The zero-order valence-electron chi connectivity index (χ0n) is 12.2. The molecule has 1 aromatic carbocycles. The molecule has 20 heavy (non-hydrogen) atoms. The number of carboxylic acids is 1. The molecule has 2 rings (SSSR count). The van der Waals surface area contributed by atoms with E-state index in [9.17, 15) is 9.90 Å². The molecule has 3 heteroatoms. The Bertz CT molecular complexity index is 412. The van der Waals surface area contributed by atoms with Crippen molar-refractivity contribution in [2.24, 2.45) is 5.92 Å². The van der Waals surface area contributed by atoms with E-state index in [1.54, 1.807) is 0 Å². The molecule has 2 N–H and O–H groups in total. The summed E-state index contributed by atoms with van der Waals surface area (Å²) in [5.41, 5.74) is 0.878. The molecule has 0 aromatic heterocycles. The van der Waals surface area contributed by atoms with Crippen molar-refractivity contribution >= 4 is 5.97 Å². The van der Waals surface area contributed by atoms with Gasteiger partial charge in [0.25, 0.3) is 0 Å². The van der Waals surface area contributed by atoms with Crippen molar-refractivity contribution in [3.8, 4) is 0 Å². The lowest BCUT2D eigenvalue weighted by atomic mass is 9.84. The minimum absolute atomic E-state index is 0.404. The summed E-state index contributed by atoms with van der Waals surface area (Å²) in [5, 5.41) is 12.9. The summed E-state index contributed by atoms with van der Waals surface area (Å²) >= 11 is 0. The average Bonchev–Trinajstić information content (AvgIpc) is 2.49. The Hall–Kier alpha value is -1.35. The summed E-state index contributed by atoms with van der Waals surface area (Å²) in [6.45, 7) is 2.71. The van der Waals surface area contributed by atoms with Crippen LogP contribution in [0.15, 0.2) is 30.3 Å². The highest BCUT2D eigenvalue weighted by atomic mass is 16.4. The second-order valence-corrected chi connectivity index (χ2v) is 5.90. The van der Waals surface area contributed by atoms with Gasteiger partial charge in [0.2, 0.25) is 0 Å². The van der Waals surface area contributed by atoms with Gasteiger partial charge in [-0.3, -0.25) is 4.79 Å². The van der Waals surface area contributed by atoms with Crippen molar-refractivity contribution in [2.75, 3.05) is 6.54 Å². The number of carboxylic acid groups (broad SMARTS) is 1. The molecule has 0 aliphatic heterocycles. The Kier molecular flexibility index (Phi) is 5.60. The SMILES string of the molecule is C[C@H](NCC(C(=O)O)c1ccccc1)C1CCCCC1. The van der Waals surface area contributed by atoms with Gasteiger partial charge in [-0.2, -0.15) is 0 Å². The maximum Gasteiger partial charge on any atom is 0.312 e. The molecule has 0 amide bonds. The lowest BCUT2D eigenvalue weighted by Gasteiger charge is -2.29. The fourth-order valence-corrected chi connectivity index (χ4v) is 3.14. The van der Waals surface area contributed by atoms with Crippen LogP contribution >= 0.6 is 0 Å². The van der Waals surface area contributed by atoms with Crippen molar-refractivity contribution in [2.45, 2.75) is 51.0 Å². The number of carbonyl (C=O) groups is 1.